The lowest BCUT2D eigenvalue weighted by molar-refractivity contribution is -0.396. The zero-order chi connectivity index (χ0) is 17.0. The topological polar surface area (TPSA) is 106 Å². The molecular formula is C14H16N6O3. The second-order valence-electron chi connectivity index (χ2n) is 4.94. The van der Waals surface area contributed by atoms with Crippen molar-refractivity contribution in [2.45, 2.75) is 0 Å². The highest BCUT2D eigenvalue weighted by Crippen LogP contribution is 2.12. The standard InChI is InChI=1S/C14H16N6O3/c1-18(2)11-6-4-10(5-7-11)13(21)17-16-9-12-8-15-14(19(12)3)20(22)23/h4-9H,1-3H3,(H,17,21)/b16-9+. The maximum atomic E-state index is 11.9. The first-order valence-corrected chi connectivity index (χ1v) is 6.67. The fourth-order valence-electron chi connectivity index (χ4n) is 1.83. The number of benzene rings is 1. The van der Waals surface area contributed by atoms with Crippen molar-refractivity contribution in [3.8, 4) is 0 Å². The molecule has 0 spiro atoms. The molecule has 0 fully saturated rings. The summed E-state index contributed by atoms with van der Waals surface area (Å²) >= 11 is 0. The van der Waals surface area contributed by atoms with Crippen molar-refractivity contribution in [3.63, 3.8) is 0 Å². The fraction of sp³-hybridized carbons (Fsp3) is 0.214. The van der Waals surface area contributed by atoms with Crippen molar-refractivity contribution < 1.29 is 9.72 Å². The highest BCUT2D eigenvalue weighted by molar-refractivity contribution is 5.95. The first-order chi connectivity index (χ1) is 10.9. The average Bonchev–Trinajstić information content (AvgIpc) is 2.88. The number of amides is 1. The summed E-state index contributed by atoms with van der Waals surface area (Å²) in [7, 11) is 5.31. The first kappa shape index (κ1) is 16.1. The third kappa shape index (κ3) is 3.70. The number of hydrazone groups is 1. The quantitative estimate of drug-likeness (QED) is 0.506. The Hall–Kier alpha value is -3.23. The lowest BCUT2D eigenvalue weighted by Crippen LogP contribution is -2.18. The van der Waals surface area contributed by atoms with Crippen LogP contribution < -0.4 is 10.3 Å². The summed E-state index contributed by atoms with van der Waals surface area (Å²) in [5, 5.41) is 14.5. The van der Waals surface area contributed by atoms with Gasteiger partial charge < -0.3 is 15.0 Å². The van der Waals surface area contributed by atoms with Gasteiger partial charge in [0.2, 0.25) is 0 Å². The minimum Gasteiger partial charge on any atom is -0.390 e. The molecule has 2 aromatic rings. The fourth-order valence-corrected chi connectivity index (χ4v) is 1.83. The molecule has 1 amide bonds. The number of nitro groups is 1. The van der Waals surface area contributed by atoms with Gasteiger partial charge in [0.15, 0.2) is 5.69 Å². The van der Waals surface area contributed by atoms with Gasteiger partial charge in [-0.15, -0.1) is 0 Å². The van der Waals surface area contributed by atoms with Crippen LogP contribution in [0.2, 0.25) is 0 Å². The normalized spacial score (nSPS) is 10.7. The average molecular weight is 316 g/mol. The van der Waals surface area contributed by atoms with Crippen LogP contribution in [0.4, 0.5) is 11.6 Å². The van der Waals surface area contributed by atoms with Crippen molar-refractivity contribution in [3.05, 3.63) is 51.8 Å². The maximum Gasteiger partial charge on any atom is 0.434 e. The minimum atomic E-state index is -0.595. The van der Waals surface area contributed by atoms with Gasteiger partial charge in [-0.3, -0.25) is 4.79 Å². The molecule has 0 aliphatic heterocycles. The second kappa shape index (κ2) is 6.69. The Morgan fingerprint density at radius 1 is 1.39 bits per heavy atom. The number of hydrogen-bond acceptors (Lipinski definition) is 6. The Morgan fingerprint density at radius 2 is 2.04 bits per heavy atom. The Kier molecular flexibility index (Phi) is 4.69. The molecule has 0 unspecified atom stereocenters. The number of hydrogen-bond donors (Lipinski definition) is 1. The number of nitrogens with zero attached hydrogens (tertiary/aromatic N) is 5. The van der Waals surface area contributed by atoms with E-state index in [9.17, 15) is 14.9 Å². The van der Waals surface area contributed by atoms with Crippen LogP contribution in [-0.2, 0) is 7.05 Å². The molecule has 9 nitrogen and oxygen atoms in total. The van der Waals surface area contributed by atoms with Gasteiger partial charge in [-0.05, 0) is 29.2 Å². The second-order valence-corrected chi connectivity index (χ2v) is 4.94. The molecule has 120 valence electrons. The third-order valence-electron chi connectivity index (χ3n) is 3.17. The molecule has 0 radical (unpaired) electrons. The molecule has 1 aromatic heterocycles. The van der Waals surface area contributed by atoms with Crippen molar-refractivity contribution in [2.24, 2.45) is 12.1 Å². The highest BCUT2D eigenvalue weighted by atomic mass is 16.6. The lowest BCUT2D eigenvalue weighted by atomic mass is 10.2. The van der Waals surface area contributed by atoms with Gasteiger partial charge in [-0.2, -0.15) is 5.10 Å². The van der Waals surface area contributed by atoms with E-state index in [0.29, 0.717) is 11.3 Å². The van der Waals surface area contributed by atoms with Crippen LogP contribution in [0.3, 0.4) is 0 Å². The van der Waals surface area contributed by atoms with E-state index in [1.54, 1.807) is 12.1 Å². The van der Waals surface area contributed by atoms with E-state index in [2.05, 4.69) is 15.5 Å². The SMILES string of the molecule is CN(C)c1ccc(C(=O)N/N=C/c2cnc([N+](=O)[O-])n2C)cc1. The molecule has 1 N–H and O–H groups in total. The van der Waals surface area contributed by atoms with Crippen molar-refractivity contribution in [2.75, 3.05) is 19.0 Å². The molecule has 0 atom stereocenters. The number of rotatable bonds is 5. The highest BCUT2D eigenvalue weighted by Gasteiger charge is 2.15. The van der Waals surface area contributed by atoms with Gasteiger partial charge in [0.05, 0.1) is 13.3 Å². The Balaban J connectivity index is 2.02. The molecule has 0 aliphatic carbocycles. The minimum absolute atomic E-state index is 0.294. The molecule has 0 aliphatic rings. The molecule has 2 rings (SSSR count). The zero-order valence-electron chi connectivity index (χ0n) is 12.9. The maximum absolute atomic E-state index is 11.9. The number of aromatic nitrogens is 2. The van der Waals surface area contributed by atoms with Crippen LogP contribution >= 0.6 is 0 Å². The Morgan fingerprint density at radius 3 is 2.57 bits per heavy atom. The van der Waals surface area contributed by atoms with E-state index in [-0.39, 0.29) is 11.9 Å². The predicted octanol–water partition coefficient (Wildman–Crippen LogP) is 1.16. The molecule has 0 bridgehead atoms. The molecular weight excluding hydrogens is 300 g/mol. The number of carbonyl (C=O) groups excluding carboxylic acids is 1. The predicted molar refractivity (Wildman–Crippen MR) is 85.7 cm³/mol. The molecule has 0 saturated heterocycles. The number of imidazole rings is 1. The third-order valence-corrected chi connectivity index (χ3v) is 3.17. The van der Waals surface area contributed by atoms with Gasteiger partial charge in [0.1, 0.15) is 6.20 Å². The van der Waals surface area contributed by atoms with Crippen molar-refractivity contribution in [1.29, 1.82) is 0 Å². The Bertz CT molecular complexity index is 748. The summed E-state index contributed by atoms with van der Waals surface area (Å²) in [6.07, 6.45) is 2.60. The molecule has 1 heterocycles. The number of anilines is 1. The first-order valence-electron chi connectivity index (χ1n) is 6.67. The number of carbonyl (C=O) groups is 1. The molecule has 0 saturated carbocycles. The van der Waals surface area contributed by atoms with E-state index in [1.165, 1.54) is 24.0 Å². The van der Waals surface area contributed by atoms with Gasteiger partial charge in [0, 0.05) is 25.3 Å². The van der Waals surface area contributed by atoms with Gasteiger partial charge in [-0.1, -0.05) is 4.98 Å². The molecule has 1 aromatic carbocycles. The van der Waals surface area contributed by atoms with Crippen LogP contribution in [-0.4, -0.2) is 40.7 Å². The van der Waals surface area contributed by atoms with Crippen molar-refractivity contribution in [1.82, 2.24) is 15.0 Å². The summed E-state index contributed by atoms with van der Waals surface area (Å²) in [6.45, 7) is 0. The largest absolute Gasteiger partial charge is 0.434 e. The van der Waals surface area contributed by atoms with E-state index in [4.69, 9.17) is 0 Å². The van der Waals surface area contributed by atoms with Crippen LogP contribution in [0.1, 0.15) is 16.1 Å². The van der Waals surface area contributed by atoms with Gasteiger partial charge in [0.25, 0.3) is 5.91 Å². The van der Waals surface area contributed by atoms with Crippen LogP contribution in [0.25, 0.3) is 0 Å². The monoisotopic (exact) mass is 316 g/mol. The zero-order valence-corrected chi connectivity index (χ0v) is 12.9. The van der Waals surface area contributed by atoms with E-state index in [1.807, 2.05) is 31.1 Å². The summed E-state index contributed by atoms with van der Waals surface area (Å²) < 4.78 is 1.27. The lowest BCUT2D eigenvalue weighted by Gasteiger charge is -2.12. The van der Waals surface area contributed by atoms with Crippen LogP contribution in [0.5, 0.6) is 0 Å². The van der Waals surface area contributed by atoms with E-state index in [0.717, 1.165) is 5.69 Å². The van der Waals surface area contributed by atoms with Gasteiger partial charge in [-0.25, -0.2) is 9.99 Å². The summed E-state index contributed by atoms with van der Waals surface area (Å²) in [6, 6.07) is 7.02. The summed E-state index contributed by atoms with van der Waals surface area (Å²) in [4.78, 5) is 27.6. The Labute approximate surface area is 132 Å². The summed E-state index contributed by atoms with van der Waals surface area (Å²) in [5.41, 5.74) is 4.21. The van der Waals surface area contributed by atoms with Crippen LogP contribution in [0.15, 0.2) is 35.6 Å². The van der Waals surface area contributed by atoms with E-state index >= 15 is 0 Å². The smallest absolute Gasteiger partial charge is 0.390 e. The number of nitrogens with one attached hydrogen (secondary N) is 1. The molecule has 23 heavy (non-hydrogen) atoms. The van der Waals surface area contributed by atoms with Gasteiger partial charge >= 0.3 is 5.95 Å². The van der Waals surface area contributed by atoms with E-state index < -0.39 is 4.92 Å². The summed E-state index contributed by atoms with van der Waals surface area (Å²) in [5.74, 6) is -0.666. The van der Waals surface area contributed by atoms with Crippen LogP contribution in [0, 0.1) is 10.1 Å². The molecule has 9 heteroatoms. The van der Waals surface area contributed by atoms with Crippen molar-refractivity contribution >= 4 is 23.8 Å².